The van der Waals surface area contributed by atoms with Gasteiger partial charge in [0.15, 0.2) is 0 Å². The summed E-state index contributed by atoms with van der Waals surface area (Å²) in [6.45, 7) is 6.10. The van der Waals surface area contributed by atoms with Gasteiger partial charge in [-0.2, -0.15) is 0 Å². The normalized spacial score (nSPS) is 17.6. The molecule has 0 saturated carbocycles. The zero-order valence-corrected chi connectivity index (χ0v) is 12.2. The summed E-state index contributed by atoms with van der Waals surface area (Å²) in [5.74, 6) is -0.193. The quantitative estimate of drug-likeness (QED) is 0.917. The minimum absolute atomic E-state index is 0.00443. The monoisotopic (exact) mass is 274 g/mol. The molecular weight excluding hydrogens is 252 g/mol. The van der Waals surface area contributed by atoms with Crippen molar-refractivity contribution in [3.63, 3.8) is 0 Å². The summed E-state index contributed by atoms with van der Waals surface area (Å²) in [5, 5.41) is 2.69. The van der Waals surface area contributed by atoms with Gasteiger partial charge in [-0.15, -0.1) is 0 Å². The third-order valence-corrected chi connectivity index (χ3v) is 3.91. The Morgan fingerprint density at radius 2 is 1.75 bits per heavy atom. The number of carbonyl (C=O) groups excluding carboxylic acids is 2. The third kappa shape index (κ3) is 3.83. The molecule has 1 aliphatic rings. The Bertz CT molecular complexity index is 473. The van der Waals surface area contributed by atoms with Crippen molar-refractivity contribution in [2.45, 2.75) is 26.7 Å². The molecule has 0 atom stereocenters. The van der Waals surface area contributed by atoms with Crippen LogP contribution in [0, 0.1) is 5.41 Å². The maximum atomic E-state index is 12.1. The summed E-state index contributed by atoms with van der Waals surface area (Å²) in [7, 11) is 0. The van der Waals surface area contributed by atoms with Crippen LogP contribution in [0.4, 0.5) is 0 Å². The van der Waals surface area contributed by atoms with Gasteiger partial charge in [0.2, 0.25) is 5.91 Å². The van der Waals surface area contributed by atoms with Crippen LogP contribution in [0.1, 0.15) is 37.0 Å². The summed E-state index contributed by atoms with van der Waals surface area (Å²) in [4.78, 5) is 25.8. The number of nitrogens with one attached hydrogen (secondary N) is 1. The lowest BCUT2D eigenvalue weighted by atomic mass is 9.83. The average Bonchev–Trinajstić information content (AvgIpc) is 2.45. The highest BCUT2D eigenvalue weighted by Crippen LogP contribution is 2.29. The van der Waals surface area contributed by atoms with Gasteiger partial charge in [-0.3, -0.25) is 9.59 Å². The van der Waals surface area contributed by atoms with Gasteiger partial charge in [-0.1, -0.05) is 32.0 Å². The van der Waals surface area contributed by atoms with E-state index in [1.807, 2.05) is 23.1 Å². The minimum Gasteiger partial charge on any atom is -0.343 e. The van der Waals surface area contributed by atoms with Crippen LogP contribution in [0.25, 0.3) is 0 Å². The van der Waals surface area contributed by atoms with Crippen LogP contribution in [-0.4, -0.2) is 36.3 Å². The van der Waals surface area contributed by atoms with E-state index in [4.69, 9.17) is 0 Å². The van der Waals surface area contributed by atoms with Crippen LogP contribution in [0.15, 0.2) is 30.3 Å². The highest BCUT2D eigenvalue weighted by molar-refractivity contribution is 5.96. The van der Waals surface area contributed by atoms with Gasteiger partial charge in [0.05, 0.1) is 6.54 Å². The number of rotatable bonds is 3. The molecule has 1 aromatic rings. The summed E-state index contributed by atoms with van der Waals surface area (Å²) in [5.41, 5.74) is 0.907. The van der Waals surface area contributed by atoms with Crippen molar-refractivity contribution in [3.05, 3.63) is 35.9 Å². The van der Waals surface area contributed by atoms with Gasteiger partial charge < -0.3 is 10.2 Å². The largest absolute Gasteiger partial charge is 0.343 e. The van der Waals surface area contributed by atoms with E-state index in [2.05, 4.69) is 19.2 Å². The number of benzene rings is 1. The van der Waals surface area contributed by atoms with Gasteiger partial charge in [-0.25, -0.2) is 0 Å². The second kappa shape index (κ2) is 6.07. The fourth-order valence-corrected chi connectivity index (χ4v) is 2.32. The van der Waals surface area contributed by atoms with E-state index < -0.39 is 0 Å². The third-order valence-electron chi connectivity index (χ3n) is 3.91. The molecule has 20 heavy (non-hydrogen) atoms. The van der Waals surface area contributed by atoms with Gasteiger partial charge in [0, 0.05) is 18.7 Å². The minimum atomic E-state index is -0.198. The highest BCUT2D eigenvalue weighted by atomic mass is 16.2. The Labute approximate surface area is 120 Å². The smallest absolute Gasteiger partial charge is 0.251 e. The highest BCUT2D eigenvalue weighted by Gasteiger charge is 2.27. The first-order valence-electron chi connectivity index (χ1n) is 7.09. The zero-order valence-electron chi connectivity index (χ0n) is 12.2. The molecule has 1 N–H and O–H groups in total. The number of likely N-dealkylation sites (tertiary alicyclic amines) is 1. The Morgan fingerprint density at radius 1 is 1.15 bits per heavy atom. The molecule has 0 radical (unpaired) electrons. The van der Waals surface area contributed by atoms with E-state index in [1.54, 1.807) is 12.1 Å². The van der Waals surface area contributed by atoms with Crippen molar-refractivity contribution in [2.24, 2.45) is 5.41 Å². The lowest BCUT2D eigenvalue weighted by Gasteiger charge is -2.36. The van der Waals surface area contributed by atoms with Crippen molar-refractivity contribution in [1.29, 1.82) is 0 Å². The first-order valence-corrected chi connectivity index (χ1v) is 7.09. The molecular formula is C16H22N2O2. The SMILES string of the molecule is CC1(C)CCN(C(=O)CNC(=O)c2ccccc2)CC1. The molecule has 2 amide bonds. The van der Waals surface area contributed by atoms with Crippen LogP contribution in [0.2, 0.25) is 0 Å². The molecule has 1 aromatic carbocycles. The molecule has 2 rings (SSSR count). The molecule has 108 valence electrons. The van der Waals surface area contributed by atoms with Crippen molar-refractivity contribution >= 4 is 11.8 Å². The number of hydrogen-bond donors (Lipinski definition) is 1. The lowest BCUT2D eigenvalue weighted by Crippen LogP contribution is -2.45. The zero-order chi connectivity index (χ0) is 14.6. The van der Waals surface area contributed by atoms with E-state index in [9.17, 15) is 9.59 Å². The van der Waals surface area contributed by atoms with Gasteiger partial charge in [0.1, 0.15) is 0 Å². The van der Waals surface area contributed by atoms with Gasteiger partial charge in [-0.05, 0) is 30.4 Å². The number of hydrogen-bond acceptors (Lipinski definition) is 2. The second-order valence-corrected chi connectivity index (χ2v) is 6.09. The molecule has 1 aliphatic heterocycles. The maximum absolute atomic E-state index is 12.1. The standard InChI is InChI=1S/C16H22N2O2/c1-16(2)8-10-18(11-9-16)14(19)12-17-15(20)13-6-4-3-5-7-13/h3-7H,8-12H2,1-2H3,(H,17,20). The Hall–Kier alpha value is -1.84. The Morgan fingerprint density at radius 3 is 2.35 bits per heavy atom. The number of nitrogens with zero attached hydrogens (tertiary/aromatic N) is 1. The van der Waals surface area contributed by atoms with Crippen molar-refractivity contribution < 1.29 is 9.59 Å². The molecule has 4 heteroatoms. The number of piperidine rings is 1. The Kier molecular flexibility index (Phi) is 4.42. The summed E-state index contributed by atoms with van der Waals surface area (Å²) in [6, 6.07) is 8.96. The van der Waals surface area contributed by atoms with Crippen LogP contribution in [-0.2, 0) is 4.79 Å². The summed E-state index contributed by atoms with van der Waals surface area (Å²) < 4.78 is 0. The average molecular weight is 274 g/mol. The van der Waals surface area contributed by atoms with Crippen LogP contribution >= 0.6 is 0 Å². The molecule has 0 unspecified atom stereocenters. The molecule has 1 fully saturated rings. The van der Waals surface area contributed by atoms with Gasteiger partial charge >= 0.3 is 0 Å². The number of amides is 2. The van der Waals surface area contributed by atoms with Crippen LogP contribution < -0.4 is 5.32 Å². The van der Waals surface area contributed by atoms with E-state index in [0.29, 0.717) is 11.0 Å². The van der Waals surface area contributed by atoms with Crippen LogP contribution in [0.3, 0.4) is 0 Å². The van der Waals surface area contributed by atoms with Crippen molar-refractivity contribution in [2.75, 3.05) is 19.6 Å². The fraction of sp³-hybridized carbons (Fsp3) is 0.500. The molecule has 1 saturated heterocycles. The second-order valence-electron chi connectivity index (χ2n) is 6.09. The Balaban J connectivity index is 1.80. The molecule has 0 bridgehead atoms. The molecule has 0 aromatic heterocycles. The predicted octanol–water partition coefficient (Wildman–Crippen LogP) is 2.06. The fourth-order valence-electron chi connectivity index (χ4n) is 2.32. The lowest BCUT2D eigenvalue weighted by molar-refractivity contribution is -0.132. The first-order chi connectivity index (χ1) is 9.48. The molecule has 4 nitrogen and oxygen atoms in total. The van der Waals surface area contributed by atoms with Gasteiger partial charge in [0.25, 0.3) is 5.91 Å². The maximum Gasteiger partial charge on any atom is 0.251 e. The van der Waals surface area contributed by atoms with Crippen molar-refractivity contribution in [1.82, 2.24) is 10.2 Å². The van der Waals surface area contributed by atoms with E-state index in [-0.39, 0.29) is 18.4 Å². The molecule has 0 spiro atoms. The van der Waals surface area contributed by atoms with E-state index in [1.165, 1.54) is 0 Å². The molecule has 0 aliphatic carbocycles. The van der Waals surface area contributed by atoms with E-state index in [0.717, 1.165) is 25.9 Å². The van der Waals surface area contributed by atoms with Crippen LogP contribution in [0.5, 0.6) is 0 Å². The van der Waals surface area contributed by atoms with Crippen molar-refractivity contribution in [3.8, 4) is 0 Å². The topological polar surface area (TPSA) is 49.4 Å². The predicted molar refractivity (Wildman–Crippen MR) is 78.4 cm³/mol. The van der Waals surface area contributed by atoms with E-state index >= 15 is 0 Å². The first kappa shape index (κ1) is 14.6. The summed E-state index contributed by atoms with van der Waals surface area (Å²) >= 11 is 0. The number of carbonyl (C=O) groups is 2. The molecule has 1 heterocycles. The summed E-state index contributed by atoms with van der Waals surface area (Å²) in [6.07, 6.45) is 2.04.